The van der Waals surface area contributed by atoms with Crippen molar-refractivity contribution in [1.29, 1.82) is 0 Å². The molecule has 1 saturated carbocycles. The number of carbonyl (C=O) groups is 1. The van der Waals surface area contributed by atoms with E-state index >= 15 is 0 Å². The van der Waals surface area contributed by atoms with Crippen molar-refractivity contribution in [2.24, 2.45) is 5.92 Å². The standard InChI is InChI=1S/C23H22F3N3O2/c24-14-3-1-11(2-4-14)21-20(16-7-15(25)8-17(26)22(16)29-21)12-5-13(6-12)23(31)28-18-9-27-10-19(18)30/h1-4,7-8,12-13,18-19,27,29-30H,5-6,9-10H2,(H,28,31)/t12?,13?,18?,19-/m0/s1. The topological polar surface area (TPSA) is 77.2 Å². The molecule has 1 aromatic heterocycles. The Morgan fingerprint density at radius 3 is 2.45 bits per heavy atom. The van der Waals surface area contributed by atoms with Crippen molar-refractivity contribution >= 4 is 16.8 Å². The molecule has 162 valence electrons. The Hall–Kier alpha value is -2.84. The SMILES string of the molecule is O=C(NC1CNC[C@@H]1O)C1CC(c2c(-c3ccc(F)cc3)[nH]c3c(F)cc(F)cc23)C1. The summed E-state index contributed by atoms with van der Waals surface area (Å²) in [4.78, 5) is 15.6. The highest BCUT2D eigenvalue weighted by Crippen LogP contribution is 2.48. The Morgan fingerprint density at radius 1 is 1.03 bits per heavy atom. The predicted octanol–water partition coefficient (Wildman–Crippen LogP) is 3.19. The number of hydrogen-bond acceptors (Lipinski definition) is 3. The average molecular weight is 429 g/mol. The van der Waals surface area contributed by atoms with Crippen LogP contribution in [0.4, 0.5) is 13.2 Å². The van der Waals surface area contributed by atoms with E-state index in [2.05, 4.69) is 15.6 Å². The lowest BCUT2D eigenvalue weighted by molar-refractivity contribution is -0.129. The third kappa shape index (κ3) is 3.59. The highest BCUT2D eigenvalue weighted by Gasteiger charge is 2.40. The van der Waals surface area contributed by atoms with E-state index in [9.17, 15) is 23.1 Å². The summed E-state index contributed by atoms with van der Waals surface area (Å²) in [6.45, 7) is 0.977. The van der Waals surface area contributed by atoms with Crippen LogP contribution in [0.1, 0.15) is 24.3 Å². The summed E-state index contributed by atoms with van der Waals surface area (Å²) in [6, 6.07) is 7.64. The Balaban J connectivity index is 1.44. The van der Waals surface area contributed by atoms with Crippen molar-refractivity contribution in [2.45, 2.75) is 30.9 Å². The molecule has 1 aliphatic carbocycles. The van der Waals surface area contributed by atoms with Crippen LogP contribution >= 0.6 is 0 Å². The molecule has 0 radical (unpaired) electrons. The molecule has 5 rings (SSSR count). The molecule has 3 aromatic rings. The van der Waals surface area contributed by atoms with E-state index in [-0.39, 0.29) is 35.1 Å². The van der Waals surface area contributed by atoms with Crippen LogP contribution in [-0.2, 0) is 4.79 Å². The Labute approximate surface area is 176 Å². The number of H-pyrrole nitrogens is 1. The van der Waals surface area contributed by atoms with Gasteiger partial charge in [0.25, 0.3) is 0 Å². The molecule has 1 aliphatic heterocycles. The molecule has 4 N–H and O–H groups in total. The van der Waals surface area contributed by atoms with Crippen LogP contribution in [0.2, 0.25) is 0 Å². The fourth-order valence-electron chi connectivity index (χ4n) is 4.69. The fraction of sp³-hybridized carbons (Fsp3) is 0.348. The first-order valence-electron chi connectivity index (χ1n) is 10.4. The van der Waals surface area contributed by atoms with Crippen LogP contribution in [0.5, 0.6) is 0 Å². The van der Waals surface area contributed by atoms with E-state index in [0.717, 1.165) is 11.6 Å². The Kier molecular flexibility index (Phi) is 4.98. The van der Waals surface area contributed by atoms with Crippen molar-refractivity contribution in [2.75, 3.05) is 13.1 Å². The maximum absolute atomic E-state index is 14.4. The minimum Gasteiger partial charge on any atom is -0.390 e. The largest absolute Gasteiger partial charge is 0.390 e. The summed E-state index contributed by atoms with van der Waals surface area (Å²) in [5.74, 6) is -2.18. The van der Waals surface area contributed by atoms with Gasteiger partial charge in [0.1, 0.15) is 17.5 Å². The molecule has 0 spiro atoms. The van der Waals surface area contributed by atoms with Crippen LogP contribution < -0.4 is 10.6 Å². The van der Waals surface area contributed by atoms with E-state index in [0.29, 0.717) is 42.6 Å². The summed E-state index contributed by atoms with van der Waals surface area (Å²) in [5, 5.41) is 16.2. The lowest BCUT2D eigenvalue weighted by Gasteiger charge is -2.36. The molecule has 2 fully saturated rings. The van der Waals surface area contributed by atoms with Crippen LogP contribution in [0.3, 0.4) is 0 Å². The number of fused-ring (bicyclic) bond motifs is 1. The van der Waals surface area contributed by atoms with E-state index in [1.165, 1.54) is 18.2 Å². The number of aliphatic hydroxyl groups excluding tert-OH is 1. The first kappa shape index (κ1) is 20.1. The number of amides is 1. The lowest BCUT2D eigenvalue weighted by Crippen LogP contribution is -2.47. The molecule has 1 amide bonds. The van der Waals surface area contributed by atoms with Gasteiger partial charge in [0.15, 0.2) is 0 Å². The molecule has 2 heterocycles. The van der Waals surface area contributed by atoms with Gasteiger partial charge >= 0.3 is 0 Å². The van der Waals surface area contributed by atoms with Crippen LogP contribution in [0, 0.1) is 23.4 Å². The number of aliphatic hydroxyl groups is 1. The molecule has 8 heteroatoms. The molecule has 1 saturated heterocycles. The number of aromatic amines is 1. The van der Waals surface area contributed by atoms with Gasteiger partial charge in [-0.15, -0.1) is 0 Å². The highest BCUT2D eigenvalue weighted by molar-refractivity contribution is 5.92. The maximum atomic E-state index is 14.4. The molecular formula is C23H22F3N3O2. The van der Waals surface area contributed by atoms with Gasteiger partial charge in [-0.1, -0.05) is 0 Å². The van der Waals surface area contributed by atoms with E-state index in [4.69, 9.17) is 0 Å². The number of β-amino-alcohol motifs (C(OH)–C–C–N with tert-alkyl or cyclic N) is 1. The van der Waals surface area contributed by atoms with Crippen molar-refractivity contribution in [3.8, 4) is 11.3 Å². The normalized spacial score (nSPS) is 25.5. The number of carbonyl (C=O) groups excluding carboxylic acids is 1. The third-order valence-electron chi connectivity index (χ3n) is 6.42. The molecule has 2 aliphatic rings. The second-order valence-corrected chi connectivity index (χ2v) is 8.44. The van der Waals surface area contributed by atoms with Crippen molar-refractivity contribution in [3.05, 3.63) is 59.4 Å². The number of rotatable bonds is 4. The molecule has 2 aromatic carbocycles. The number of aromatic nitrogens is 1. The van der Waals surface area contributed by atoms with E-state index < -0.39 is 17.7 Å². The zero-order chi connectivity index (χ0) is 21.7. The van der Waals surface area contributed by atoms with Gasteiger partial charge < -0.3 is 20.7 Å². The molecule has 31 heavy (non-hydrogen) atoms. The van der Waals surface area contributed by atoms with Crippen molar-refractivity contribution in [1.82, 2.24) is 15.6 Å². The van der Waals surface area contributed by atoms with Gasteiger partial charge in [-0.2, -0.15) is 0 Å². The van der Waals surface area contributed by atoms with Gasteiger partial charge in [-0.05, 0) is 60.2 Å². The smallest absolute Gasteiger partial charge is 0.223 e. The summed E-state index contributed by atoms with van der Waals surface area (Å²) >= 11 is 0. The number of benzene rings is 2. The minimum absolute atomic E-state index is 0.0719. The second kappa shape index (κ2) is 7.69. The average Bonchev–Trinajstić information content (AvgIpc) is 3.26. The van der Waals surface area contributed by atoms with Gasteiger partial charge in [-0.25, -0.2) is 13.2 Å². The summed E-state index contributed by atoms with van der Waals surface area (Å²) in [5.41, 5.74) is 2.22. The lowest BCUT2D eigenvalue weighted by atomic mass is 9.69. The first-order valence-corrected chi connectivity index (χ1v) is 10.4. The van der Waals surface area contributed by atoms with Gasteiger partial charge in [-0.3, -0.25) is 4.79 Å². The fourth-order valence-corrected chi connectivity index (χ4v) is 4.69. The van der Waals surface area contributed by atoms with Crippen molar-refractivity contribution in [3.63, 3.8) is 0 Å². The third-order valence-corrected chi connectivity index (χ3v) is 6.42. The van der Waals surface area contributed by atoms with E-state index in [1.807, 2.05) is 0 Å². The second-order valence-electron chi connectivity index (χ2n) is 8.44. The molecule has 0 bridgehead atoms. The predicted molar refractivity (Wildman–Crippen MR) is 110 cm³/mol. The van der Waals surface area contributed by atoms with Crippen LogP contribution in [-0.4, -0.2) is 41.2 Å². The highest BCUT2D eigenvalue weighted by atomic mass is 19.1. The number of halogens is 3. The first-order chi connectivity index (χ1) is 14.9. The van der Waals surface area contributed by atoms with Gasteiger partial charge in [0.05, 0.1) is 23.4 Å². The number of hydrogen-bond donors (Lipinski definition) is 4. The summed E-state index contributed by atoms with van der Waals surface area (Å²) in [6.07, 6.45) is 0.451. The van der Waals surface area contributed by atoms with Crippen LogP contribution in [0.25, 0.3) is 22.2 Å². The quantitative estimate of drug-likeness (QED) is 0.515. The summed E-state index contributed by atoms with van der Waals surface area (Å²) < 4.78 is 41.9. The number of nitrogens with one attached hydrogen (secondary N) is 3. The van der Waals surface area contributed by atoms with Crippen molar-refractivity contribution < 1.29 is 23.1 Å². The molecule has 2 atom stereocenters. The monoisotopic (exact) mass is 429 g/mol. The molecule has 5 nitrogen and oxygen atoms in total. The van der Waals surface area contributed by atoms with E-state index in [1.54, 1.807) is 12.1 Å². The minimum atomic E-state index is -0.694. The molecule has 1 unspecified atom stereocenters. The molecular weight excluding hydrogens is 407 g/mol. The van der Waals surface area contributed by atoms with Gasteiger partial charge in [0, 0.05) is 30.5 Å². The van der Waals surface area contributed by atoms with Crippen LogP contribution in [0.15, 0.2) is 36.4 Å². The Morgan fingerprint density at radius 2 is 1.77 bits per heavy atom. The zero-order valence-electron chi connectivity index (χ0n) is 16.6. The van der Waals surface area contributed by atoms with Gasteiger partial charge in [0.2, 0.25) is 5.91 Å². The zero-order valence-corrected chi connectivity index (χ0v) is 16.6. The Bertz CT molecular complexity index is 1140. The summed E-state index contributed by atoms with van der Waals surface area (Å²) in [7, 11) is 0. The maximum Gasteiger partial charge on any atom is 0.223 e.